The highest BCUT2D eigenvalue weighted by Gasteiger charge is 2.28. The Morgan fingerprint density at radius 2 is 0.786 bits per heavy atom. The molecule has 3 atom stereocenters. The number of rotatable bonds is 49. The number of carbonyl (C=O) groups excluding carboxylic acids is 3. The lowest BCUT2D eigenvalue weighted by Crippen LogP contribution is -2.30. The average Bonchev–Trinajstić information content (AvgIpc) is 3.35. The van der Waals surface area contributed by atoms with E-state index in [0.717, 1.165) is 109 Å². The summed E-state index contributed by atoms with van der Waals surface area (Å²) >= 11 is 0. The maximum atomic E-state index is 12.9. The van der Waals surface area contributed by atoms with E-state index >= 15 is 0 Å². The quantitative estimate of drug-likeness (QED) is 0.0197. The highest BCUT2D eigenvalue weighted by atomic mass is 31.2. The van der Waals surface area contributed by atoms with E-state index in [1.54, 1.807) is 6.08 Å². The van der Waals surface area contributed by atoms with Crippen LogP contribution >= 0.6 is 7.82 Å². The fourth-order valence-corrected chi connectivity index (χ4v) is 7.76. The molecule has 3 unspecified atom stereocenters. The minimum absolute atomic E-state index is 0.0110. The van der Waals surface area contributed by atoms with E-state index in [9.17, 15) is 28.9 Å². The molecule has 0 heterocycles. The molecule has 0 aliphatic rings. The Bertz CT molecular complexity index is 1540. The Labute approximate surface area is 425 Å². The molecule has 0 aliphatic carbocycles. The standard InChI is InChI=1S/C58H97O11P/c1-4-7-10-13-16-19-22-24-26-27-29-31-34-37-40-43-46-49-58(62)69-55(51-65-56(60)47-44-41-38-35-33-30-28-25-23-20-17-14-11-8-5-2)53-67-70(63,64)66-52-54(50-59)68-57(61)48-45-42-39-36-32-21-18-15-12-9-6-3/h7-8,10-11,16-17,19-20,24-26,28,33,35,41,44,54-55,59H,4-6,9,12-15,18,21-23,27,29-32,34,36-40,42-43,45-53H2,1-3H3,(H,63,64)/b10-7-,11-8-,19-16-,20-17-,26-24-,28-25-,35-33-,44-41-. The maximum absolute atomic E-state index is 12.9. The number of aliphatic hydroxyl groups excluding tert-OH is 1. The number of allylic oxidation sites excluding steroid dienone is 15. The highest BCUT2D eigenvalue weighted by Crippen LogP contribution is 2.43. The van der Waals surface area contributed by atoms with Crippen molar-refractivity contribution in [2.24, 2.45) is 0 Å². The molecule has 0 rings (SSSR count). The van der Waals surface area contributed by atoms with Gasteiger partial charge in [-0.2, -0.15) is 0 Å². The SMILES string of the molecule is CC/C=C\C/C=C\C/C=C\C/C=C\C/C=C\CC(=O)OCC(COP(=O)(O)OCC(CO)OC(=O)CCCCCCCCCCCCC)OC(=O)CCCCCCCCC/C=C\C/C=C\C/C=C\CC. The first-order valence-corrected chi connectivity index (χ1v) is 28.6. The van der Waals surface area contributed by atoms with E-state index in [1.165, 1.54) is 44.9 Å². The van der Waals surface area contributed by atoms with Crippen LogP contribution in [0.3, 0.4) is 0 Å². The summed E-state index contributed by atoms with van der Waals surface area (Å²) in [6, 6.07) is 0. The molecule has 11 nitrogen and oxygen atoms in total. The first-order chi connectivity index (χ1) is 34.2. The third-order valence-corrected chi connectivity index (χ3v) is 12.0. The zero-order valence-electron chi connectivity index (χ0n) is 43.9. The largest absolute Gasteiger partial charge is 0.472 e. The average molecular weight is 1000 g/mol. The van der Waals surface area contributed by atoms with E-state index in [-0.39, 0.29) is 19.3 Å². The molecule has 0 aromatic carbocycles. The summed E-state index contributed by atoms with van der Waals surface area (Å²) < 4.78 is 39.3. The van der Waals surface area contributed by atoms with Crippen LogP contribution in [0.4, 0.5) is 0 Å². The predicted octanol–water partition coefficient (Wildman–Crippen LogP) is 15.7. The molecule has 0 aliphatic heterocycles. The summed E-state index contributed by atoms with van der Waals surface area (Å²) in [7, 11) is -4.77. The minimum atomic E-state index is -4.77. The van der Waals surface area contributed by atoms with Crippen LogP contribution in [-0.4, -0.2) is 66.5 Å². The summed E-state index contributed by atoms with van der Waals surface area (Å²) in [5, 5.41) is 9.78. The molecule has 0 saturated heterocycles. The van der Waals surface area contributed by atoms with Gasteiger partial charge in [0.1, 0.15) is 12.7 Å². The second-order valence-electron chi connectivity index (χ2n) is 17.7. The van der Waals surface area contributed by atoms with Crippen LogP contribution in [0.2, 0.25) is 0 Å². The molecular formula is C58H97O11P. The number of phosphoric acid groups is 1. The number of hydrogen-bond acceptors (Lipinski definition) is 10. The van der Waals surface area contributed by atoms with Gasteiger partial charge in [-0.3, -0.25) is 23.4 Å². The van der Waals surface area contributed by atoms with E-state index < -0.39 is 64.4 Å². The third kappa shape index (κ3) is 49.4. The molecule has 0 saturated carbocycles. The van der Waals surface area contributed by atoms with Crippen molar-refractivity contribution in [2.45, 2.75) is 226 Å². The molecule has 12 heteroatoms. The van der Waals surface area contributed by atoms with Crippen LogP contribution in [0, 0.1) is 0 Å². The van der Waals surface area contributed by atoms with Gasteiger partial charge in [0.2, 0.25) is 0 Å². The molecule has 0 radical (unpaired) electrons. The smallest absolute Gasteiger partial charge is 0.461 e. The normalized spacial score (nSPS) is 14.2. The molecule has 0 bridgehead atoms. The van der Waals surface area contributed by atoms with Crippen molar-refractivity contribution in [3.8, 4) is 0 Å². The highest BCUT2D eigenvalue weighted by molar-refractivity contribution is 7.47. The van der Waals surface area contributed by atoms with Gasteiger partial charge in [-0.15, -0.1) is 0 Å². The third-order valence-electron chi connectivity index (χ3n) is 11.0. The van der Waals surface area contributed by atoms with Crippen LogP contribution in [0.25, 0.3) is 0 Å². The van der Waals surface area contributed by atoms with Crippen molar-refractivity contribution in [1.82, 2.24) is 0 Å². The van der Waals surface area contributed by atoms with Crippen molar-refractivity contribution in [1.29, 1.82) is 0 Å². The number of carbonyl (C=O) groups is 3. The Morgan fingerprint density at radius 3 is 1.21 bits per heavy atom. The monoisotopic (exact) mass is 1000 g/mol. The van der Waals surface area contributed by atoms with Gasteiger partial charge >= 0.3 is 25.7 Å². The topological polar surface area (TPSA) is 155 Å². The van der Waals surface area contributed by atoms with E-state index in [0.29, 0.717) is 19.3 Å². The maximum Gasteiger partial charge on any atom is 0.472 e. The minimum Gasteiger partial charge on any atom is -0.461 e. The van der Waals surface area contributed by atoms with Crippen molar-refractivity contribution in [3.63, 3.8) is 0 Å². The molecule has 0 spiro atoms. The molecule has 400 valence electrons. The molecule has 0 aromatic heterocycles. The van der Waals surface area contributed by atoms with Crippen molar-refractivity contribution >= 4 is 25.7 Å². The summed E-state index contributed by atoms with van der Waals surface area (Å²) in [6.45, 7) is 4.27. The lowest BCUT2D eigenvalue weighted by molar-refractivity contribution is -0.161. The molecule has 0 amide bonds. The summed E-state index contributed by atoms with van der Waals surface area (Å²) in [6.07, 6.45) is 59.7. The molecular weight excluding hydrogens is 904 g/mol. The van der Waals surface area contributed by atoms with Gasteiger partial charge in [0.25, 0.3) is 0 Å². The van der Waals surface area contributed by atoms with Crippen LogP contribution in [0.5, 0.6) is 0 Å². The lowest BCUT2D eigenvalue weighted by Gasteiger charge is -2.21. The van der Waals surface area contributed by atoms with Gasteiger partial charge < -0.3 is 24.2 Å². The van der Waals surface area contributed by atoms with Gasteiger partial charge in [-0.05, 0) is 77.0 Å². The second-order valence-corrected chi connectivity index (χ2v) is 19.1. The van der Waals surface area contributed by atoms with Gasteiger partial charge in [-0.1, -0.05) is 214 Å². The van der Waals surface area contributed by atoms with E-state index in [4.69, 9.17) is 23.3 Å². The molecule has 0 aromatic rings. The fourth-order valence-electron chi connectivity index (χ4n) is 6.97. The molecule has 2 N–H and O–H groups in total. The Morgan fingerprint density at radius 1 is 0.429 bits per heavy atom. The van der Waals surface area contributed by atoms with Crippen molar-refractivity contribution in [3.05, 3.63) is 97.2 Å². The molecule has 0 fully saturated rings. The number of esters is 3. The second kappa shape index (κ2) is 51.7. The fraction of sp³-hybridized carbons (Fsp3) is 0.672. The van der Waals surface area contributed by atoms with Gasteiger partial charge in [-0.25, -0.2) is 4.57 Å². The van der Waals surface area contributed by atoms with Crippen LogP contribution in [0.1, 0.15) is 213 Å². The van der Waals surface area contributed by atoms with E-state index in [2.05, 4.69) is 99.8 Å². The number of ether oxygens (including phenoxy) is 3. The van der Waals surface area contributed by atoms with Gasteiger partial charge in [0.05, 0.1) is 26.2 Å². The number of aliphatic hydroxyl groups is 1. The summed E-state index contributed by atoms with van der Waals surface area (Å²) in [4.78, 5) is 48.3. The van der Waals surface area contributed by atoms with Crippen LogP contribution < -0.4 is 0 Å². The van der Waals surface area contributed by atoms with Crippen LogP contribution in [0.15, 0.2) is 97.2 Å². The summed E-state index contributed by atoms with van der Waals surface area (Å²) in [5.41, 5.74) is 0. The van der Waals surface area contributed by atoms with Crippen molar-refractivity contribution < 1.29 is 52.2 Å². The summed E-state index contributed by atoms with van der Waals surface area (Å²) in [5.74, 6) is -1.63. The van der Waals surface area contributed by atoms with Gasteiger partial charge in [0.15, 0.2) is 6.10 Å². The van der Waals surface area contributed by atoms with Crippen molar-refractivity contribution in [2.75, 3.05) is 26.4 Å². The number of unbranched alkanes of at least 4 members (excludes halogenated alkanes) is 17. The Hall–Kier alpha value is -3.60. The zero-order chi connectivity index (χ0) is 51.3. The predicted molar refractivity (Wildman–Crippen MR) is 288 cm³/mol. The Balaban J connectivity index is 4.87. The zero-order valence-corrected chi connectivity index (χ0v) is 44.8. The molecule has 70 heavy (non-hydrogen) atoms. The lowest BCUT2D eigenvalue weighted by atomic mass is 10.1. The Kier molecular flexibility index (Phi) is 49.1. The first-order valence-electron chi connectivity index (χ1n) is 27.1. The number of hydrogen-bond donors (Lipinski definition) is 2. The van der Waals surface area contributed by atoms with Crippen LogP contribution in [-0.2, 0) is 42.2 Å². The first kappa shape index (κ1) is 66.4. The van der Waals surface area contributed by atoms with E-state index in [1.807, 2.05) is 12.2 Å². The van der Waals surface area contributed by atoms with Gasteiger partial charge in [0, 0.05) is 12.8 Å². The number of phosphoric ester groups is 1.